The van der Waals surface area contributed by atoms with Crippen LogP contribution in [0.2, 0.25) is 10.0 Å². The van der Waals surface area contributed by atoms with E-state index >= 15 is 0 Å². The van der Waals surface area contributed by atoms with Crippen molar-refractivity contribution in [3.05, 3.63) is 93.0 Å². The van der Waals surface area contributed by atoms with Gasteiger partial charge in [0, 0.05) is 17.7 Å². The minimum Gasteiger partial charge on any atom is -0.497 e. The summed E-state index contributed by atoms with van der Waals surface area (Å²) in [5, 5.41) is 6.35. The van der Waals surface area contributed by atoms with Gasteiger partial charge in [0.15, 0.2) is 5.78 Å². The van der Waals surface area contributed by atoms with Crippen molar-refractivity contribution in [2.45, 2.75) is 13.0 Å². The summed E-state index contributed by atoms with van der Waals surface area (Å²) in [5.41, 5.74) is 2.65. The zero-order valence-corrected chi connectivity index (χ0v) is 19.2. The minimum absolute atomic E-state index is 0.175. The molecule has 1 unspecified atom stereocenters. The van der Waals surface area contributed by atoms with Crippen LogP contribution in [0.3, 0.4) is 0 Å². The van der Waals surface area contributed by atoms with Gasteiger partial charge < -0.3 is 15.4 Å². The van der Waals surface area contributed by atoms with E-state index in [2.05, 4.69) is 10.6 Å². The monoisotopic (exact) mass is 482 g/mol. The van der Waals surface area contributed by atoms with Crippen molar-refractivity contribution in [1.82, 2.24) is 5.32 Å². The second-order valence-electron chi connectivity index (χ2n) is 7.65. The highest BCUT2D eigenvalue weighted by atomic mass is 35.5. The molecule has 0 saturated heterocycles. The normalized spacial score (nSPS) is 14.9. The predicted octanol–water partition coefficient (Wildman–Crippen LogP) is 4.93. The summed E-state index contributed by atoms with van der Waals surface area (Å²) in [7, 11) is 1.59. The molecule has 0 radical (unpaired) electrons. The van der Waals surface area contributed by atoms with E-state index in [0.717, 1.165) is 16.9 Å². The van der Waals surface area contributed by atoms with Crippen LogP contribution in [0.15, 0.2) is 60.7 Å². The number of benzene rings is 3. The van der Waals surface area contributed by atoms with E-state index in [1.807, 2.05) is 24.3 Å². The number of hydrogen-bond donors (Lipinski definition) is 2. The lowest BCUT2D eigenvalue weighted by Crippen LogP contribution is -2.37. The third-order valence-electron chi connectivity index (χ3n) is 5.47. The molecule has 0 fully saturated rings. The fraction of sp³-hybridized carbons (Fsp3) is 0.160. The van der Waals surface area contributed by atoms with Crippen molar-refractivity contribution in [2.24, 2.45) is 5.92 Å². The molecule has 0 aliphatic carbocycles. The Morgan fingerprint density at radius 1 is 0.970 bits per heavy atom. The van der Waals surface area contributed by atoms with E-state index in [9.17, 15) is 14.4 Å². The number of rotatable bonds is 6. The van der Waals surface area contributed by atoms with Crippen LogP contribution in [0, 0.1) is 5.92 Å². The number of ketones is 1. The zero-order chi connectivity index (χ0) is 23.5. The highest BCUT2D eigenvalue weighted by Gasteiger charge is 2.34. The Morgan fingerprint density at radius 3 is 2.39 bits per heavy atom. The van der Waals surface area contributed by atoms with Gasteiger partial charge in [0.25, 0.3) is 5.91 Å². The molecule has 6 nitrogen and oxygen atoms in total. The smallest absolute Gasteiger partial charge is 0.251 e. The number of methoxy groups -OCH3 is 1. The Kier molecular flexibility index (Phi) is 6.67. The molecule has 0 aromatic heterocycles. The maximum absolute atomic E-state index is 13.1. The summed E-state index contributed by atoms with van der Waals surface area (Å²) in [6.07, 6.45) is 0.175. The van der Waals surface area contributed by atoms with E-state index in [-0.39, 0.29) is 18.1 Å². The Bertz CT molecular complexity index is 1240. The molecule has 3 aromatic rings. The first-order chi connectivity index (χ1) is 15.9. The molecule has 8 heteroatoms. The number of carbonyl (C=O) groups is 3. The number of amides is 2. The van der Waals surface area contributed by atoms with Crippen LogP contribution in [0.1, 0.15) is 31.8 Å². The predicted molar refractivity (Wildman–Crippen MR) is 127 cm³/mol. The molecule has 0 bridgehead atoms. The molecule has 1 atom stereocenters. The van der Waals surface area contributed by atoms with E-state index in [4.69, 9.17) is 27.9 Å². The van der Waals surface area contributed by atoms with Gasteiger partial charge >= 0.3 is 0 Å². The molecule has 3 aromatic carbocycles. The van der Waals surface area contributed by atoms with Crippen molar-refractivity contribution in [2.75, 3.05) is 12.4 Å². The van der Waals surface area contributed by atoms with Crippen LogP contribution in [0.5, 0.6) is 5.75 Å². The summed E-state index contributed by atoms with van der Waals surface area (Å²) in [6.45, 7) is 0.324. The maximum atomic E-state index is 13.1. The molecule has 4 rings (SSSR count). The van der Waals surface area contributed by atoms with Crippen molar-refractivity contribution in [3.8, 4) is 5.75 Å². The molecular weight excluding hydrogens is 463 g/mol. The SMILES string of the molecule is COc1ccc(CNC(=O)c2ccc3c(c2)C(=O)C(Cc2ccc(Cl)c(Cl)c2)C(=O)N3)cc1. The lowest BCUT2D eigenvalue weighted by molar-refractivity contribution is -0.118. The number of fused-ring (bicyclic) bond motifs is 1. The standard InChI is InChI=1S/C25H20Cl2N2O4/c1-33-17-6-2-14(3-7-17)13-28-24(31)16-5-9-22-18(12-16)23(30)19(25(32)29-22)10-15-4-8-20(26)21(27)11-15/h2-9,11-12,19H,10,13H2,1H3,(H,28,31)(H,29,32). The average Bonchev–Trinajstić information content (AvgIpc) is 2.82. The topological polar surface area (TPSA) is 84.5 Å². The number of hydrogen-bond acceptors (Lipinski definition) is 4. The van der Waals surface area contributed by atoms with E-state index in [1.165, 1.54) is 6.07 Å². The molecular formula is C25H20Cl2N2O4. The van der Waals surface area contributed by atoms with Gasteiger partial charge in [-0.3, -0.25) is 14.4 Å². The first kappa shape index (κ1) is 22.8. The number of anilines is 1. The Hall–Kier alpha value is -3.35. The number of ether oxygens (including phenoxy) is 1. The van der Waals surface area contributed by atoms with Crippen molar-refractivity contribution in [1.29, 1.82) is 0 Å². The molecule has 168 valence electrons. The van der Waals surface area contributed by atoms with Crippen LogP contribution in [0.4, 0.5) is 5.69 Å². The second kappa shape index (κ2) is 9.65. The fourth-order valence-electron chi connectivity index (χ4n) is 3.64. The summed E-state index contributed by atoms with van der Waals surface area (Å²) < 4.78 is 5.13. The molecule has 1 aliphatic rings. The second-order valence-corrected chi connectivity index (χ2v) is 8.46. The first-order valence-electron chi connectivity index (χ1n) is 10.2. The molecule has 1 heterocycles. The quantitative estimate of drug-likeness (QED) is 0.488. The van der Waals surface area contributed by atoms with E-state index in [0.29, 0.717) is 33.4 Å². The minimum atomic E-state index is -0.924. The molecule has 1 aliphatic heterocycles. The third-order valence-corrected chi connectivity index (χ3v) is 6.21. The molecule has 0 spiro atoms. The highest BCUT2D eigenvalue weighted by molar-refractivity contribution is 6.42. The number of nitrogens with one attached hydrogen (secondary N) is 2. The van der Waals surface area contributed by atoms with Gasteiger partial charge in [0.2, 0.25) is 5.91 Å². The van der Waals surface area contributed by atoms with E-state index in [1.54, 1.807) is 37.4 Å². The summed E-state index contributed by atoms with van der Waals surface area (Å²) in [6, 6.07) is 17.0. The Morgan fingerprint density at radius 2 is 1.70 bits per heavy atom. The Labute approximate surface area is 200 Å². The van der Waals surface area contributed by atoms with Gasteiger partial charge in [-0.05, 0) is 60.0 Å². The van der Waals surface area contributed by atoms with Crippen LogP contribution in [-0.4, -0.2) is 24.7 Å². The van der Waals surface area contributed by atoms with Crippen molar-refractivity contribution in [3.63, 3.8) is 0 Å². The Balaban J connectivity index is 1.49. The zero-order valence-electron chi connectivity index (χ0n) is 17.7. The van der Waals surface area contributed by atoms with Crippen LogP contribution in [0.25, 0.3) is 0 Å². The lowest BCUT2D eigenvalue weighted by atomic mass is 9.86. The van der Waals surface area contributed by atoms with Crippen LogP contribution < -0.4 is 15.4 Å². The van der Waals surface area contributed by atoms with Crippen LogP contribution >= 0.6 is 23.2 Å². The van der Waals surface area contributed by atoms with Gasteiger partial charge in [-0.2, -0.15) is 0 Å². The van der Waals surface area contributed by atoms with E-state index < -0.39 is 11.8 Å². The van der Waals surface area contributed by atoms with Crippen LogP contribution in [-0.2, 0) is 17.8 Å². The summed E-state index contributed by atoms with van der Waals surface area (Å²) >= 11 is 12.0. The first-order valence-corrected chi connectivity index (χ1v) is 11.0. The van der Waals surface area contributed by atoms with Crippen molar-refractivity contribution >= 4 is 46.5 Å². The van der Waals surface area contributed by atoms with Gasteiger partial charge in [-0.1, -0.05) is 41.4 Å². The van der Waals surface area contributed by atoms with Gasteiger partial charge in [-0.15, -0.1) is 0 Å². The lowest BCUT2D eigenvalue weighted by Gasteiger charge is -2.24. The van der Waals surface area contributed by atoms with Crippen molar-refractivity contribution < 1.29 is 19.1 Å². The highest BCUT2D eigenvalue weighted by Crippen LogP contribution is 2.30. The molecule has 2 amide bonds. The maximum Gasteiger partial charge on any atom is 0.251 e. The molecule has 2 N–H and O–H groups in total. The number of halogens is 2. The number of Topliss-reactive ketones (excluding diaryl/α,β-unsaturated/α-hetero) is 1. The molecule has 0 saturated carbocycles. The number of carbonyl (C=O) groups excluding carboxylic acids is 3. The van der Waals surface area contributed by atoms with Gasteiger partial charge in [0.05, 0.1) is 22.8 Å². The van der Waals surface area contributed by atoms with Gasteiger partial charge in [-0.25, -0.2) is 0 Å². The molecule has 33 heavy (non-hydrogen) atoms. The third kappa shape index (κ3) is 5.02. The average molecular weight is 483 g/mol. The summed E-state index contributed by atoms with van der Waals surface area (Å²) in [4.78, 5) is 38.4. The summed E-state index contributed by atoms with van der Waals surface area (Å²) in [5.74, 6) is -1.25. The largest absolute Gasteiger partial charge is 0.497 e. The fourth-order valence-corrected chi connectivity index (χ4v) is 3.96. The van der Waals surface area contributed by atoms with Gasteiger partial charge in [0.1, 0.15) is 11.7 Å².